The number of carbonyl (C=O) groups is 1. The Morgan fingerprint density at radius 2 is 2.06 bits per heavy atom. The first-order valence-corrected chi connectivity index (χ1v) is 4.42. The molecule has 0 radical (unpaired) electrons. The van der Waals surface area contributed by atoms with Gasteiger partial charge < -0.3 is 9.84 Å². The summed E-state index contributed by atoms with van der Waals surface area (Å²) < 4.78 is 40.0. The van der Waals surface area contributed by atoms with Crippen LogP contribution in [0.1, 0.15) is 10.4 Å². The third kappa shape index (κ3) is 3.61. The normalized spacial score (nSPS) is 11.1. The quantitative estimate of drug-likeness (QED) is 0.666. The molecule has 6 nitrogen and oxygen atoms in total. The van der Waals surface area contributed by atoms with Gasteiger partial charge in [-0.2, -0.15) is 13.2 Å². The minimum Gasteiger partial charge on any atom is -0.483 e. The molecular formula is C9H6F3NO5. The third-order valence-electron chi connectivity index (χ3n) is 1.80. The van der Waals surface area contributed by atoms with E-state index in [9.17, 15) is 28.1 Å². The van der Waals surface area contributed by atoms with Gasteiger partial charge in [-0.15, -0.1) is 0 Å². The lowest BCUT2D eigenvalue weighted by Crippen LogP contribution is -2.20. The Morgan fingerprint density at radius 1 is 1.44 bits per heavy atom. The van der Waals surface area contributed by atoms with Crippen molar-refractivity contribution in [2.75, 3.05) is 6.61 Å². The highest BCUT2D eigenvalue weighted by Gasteiger charge is 2.29. The van der Waals surface area contributed by atoms with E-state index in [2.05, 4.69) is 4.74 Å². The van der Waals surface area contributed by atoms with Gasteiger partial charge in [0.1, 0.15) is 11.3 Å². The van der Waals surface area contributed by atoms with Crippen LogP contribution in [0.4, 0.5) is 18.9 Å². The van der Waals surface area contributed by atoms with Gasteiger partial charge in [0.2, 0.25) is 0 Å². The van der Waals surface area contributed by atoms with E-state index in [1.807, 2.05) is 0 Å². The molecule has 0 amide bonds. The van der Waals surface area contributed by atoms with Crippen LogP contribution in [0.15, 0.2) is 18.2 Å². The Balaban J connectivity index is 3.08. The number of non-ortho nitro benzene ring substituents is 1. The second-order valence-corrected chi connectivity index (χ2v) is 3.15. The van der Waals surface area contributed by atoms with E-state index in [-0.39, 0.29) is 0 Å². The third-order valence-corrected chi connectivity index (χ3v) is 1.80. The minimum absolute atomic E-state index is 0.558. The molecule has 0 unspecified atom stereocenters. The molecule has 0 heterocycles. The number of aromatic carboxylic acids is 1. The molecular weight excluding hydrogens is 259 g/mol. The lowest BCUT2D eigenvalue weighted by molar-refractivity contribution is -0.385. The lowest BCUT2D eigenvalue weighted by atomic mass is 10.2. The standard InChI is InChI=1S/C9H6F3NO5/c10-9(11,12)4-18-7-3-5(13(16)17)1-2-6(7)8(14)15/h1-3H,4H2,(H,14,15). The Kier molecular flexibility index (Phi) is 3.74. The van der Waals surface area contributed by atoms with Crippen LogP contribution in [0.2, 0.25) is 0 Å². The van der Waals surface area contributed by atoms with Crippen LogP contribution in [0.5, 0.6) is 5.75 Å². The van der Waals surface area contributed by atoms with Crippen LogP contribution < -0.4 is 4.74 Å². The molecule has 0 atom stereocenters. The number of hydrogen-bond donors (Lipinski definition) is 1. The molecule has 0 saturated heterocycles. The first kappa shape index (κ1) is 13.7. The summed E-state index contributed by atoms with van der Waals surface area (Å²) in [5.74, 6) is -2.24. The SMILES string of the molecule is O=C(O)c1ccc([N+](=O)[O-])cc1OCC(F)(F)F. The molecule has 0 aromatic heterocycles. The number of carboxylic acid groups (broad SMARTS) is 1. The second kappa shape index (κ2) is 4.90. The van der Waals surface area contributed by atoms with Crippen molar-refractivity contribution in [1.29, 1.82) is 0 Å². The van der Waals surface area contributed by atoms with Crippen molar-refractivity contribution in [1.82, 2.24) is 0 Å². The van der Waals surface area contributed by atoms with E-state index in [1.165, 1.54) is 0 Å². The zero-order valence-corrected chi connectivity index (χ0v) is 8.60. The smallest absolute Gasteiger partial charge is 0.422 e. The number of nitrogens with zero attached hydrogens (tertiary/aromatic N) is 1. The Labute approximate surface area is 97.7 Å². The highest BCUT2D eigenvalue weighted by atomic mass is 19.4. The maximum absolute atomic E-state index is 11.9. The maximum Gasteiger partial charge on any atom is 0.422 e. The summed E-state index contributed by atoms with van der Waals surface area (Å²) in [6.07, 6.45) is -4.67. The molecule has 1 rings (SSSR count). The van der Waals surface area contributed by atoms with E-state index in [0.717, 1.165) is 12.1 Å². The van der Waals surface area contributed by atoms with Gasteiger partial charge in [0.15, 0.2) is 6.61 Å². The molecule has 0 aliphatic carbocycles. The van der Waals surface area contributed by atoms with Crippen LogP contribution >= 0.6 is 0 Å². The van der Waals surface area contributed by atoms with Gasteiger partial charge in [-0.05, 0) is 6.07 Å². The number of benzene rings is 1. The molecule has 0 fully saturated rings. The molecule has 0 aliphatic rings. The summed E-state index contributed by atoms with van der Waals surface area (Å²) in [7, 11) is 0. The zero-order valence-electron chi connectivity index (χ0n) is 8.60. The molecule has 98 valence electrons. The lowest BCUT2D eigenvalue weighted by Gasteiger charge is -2.10. The first-order chi connectivity index (χ1) is 8.20. The first-order valence-electron chi connectivity index (χ1n) is 4.42. The number of nitro benzene ring substituents is 1. The fraction of sp³-hybridized carbons (Fsp3) is 0.222. The van der Waals surface area contributed by atoms with Crippen LogP contribution in [-0.4, -0.2) is 28.8 Å². The van der Waals surface area contributed by atoms with E-state index in [1.54, 1.807) is 0 Å². The summed E-state index contributed by atoms with van der Waals surface area (Å²) in [6.45, 7) is -1.73. The molecule has 18 heavy (non-hydrogen) atoms. The average Bonchev–Trinajstić information content (AvgIpc) is 2.24. The Morgan fingerprint density at radius 3 is 2.50 bits per heavy atom. The van der Waals surface area contributed by atoms with E-state index < -0.39 is 40.7 Å². The molecule has 1 aromatic rings. The van der Waals surface area contributed by atoms with Crippen molar-refractivity contribution in [2.45, 2.75) is 6.18 Å². The monoisotopic (exact) mass is 265 g/mol. The number of ether oxygens (including phenoxy) is 1. The van der Waals surface area contributed by atoms with Gasteiger partial charge in [-0.1, -0.05) is 0 Å². The predicted molar refractivity (Wildman–Crippen MR) is 51.6 cm³/mol. The summed E-state index contributed by atoms with van der Waals surface area (Å²) >= 11 is 0. The molecule has 0 spiro atoms. The highest BCUT2D eigenvalue weighted by molar-refractivity contribution is 5.91. The molecule has 0 aliphatic heterocycles. The molecule has 1 N–H and O–H groups in total. The van der Waals surface area contributed by atoms with Gasteiger partial charge in [0.25, 0.3) is 5.69 Å². The van der Waals surface area contributed by atoms with E-state index in [0.29, 0.717) is 6.07 Å². The van der Waals surface area contributed by atoms with Gasteiger partial charge >= 0.3 is 12.1 Å². The summed E-state index contributed by atoms with van der Waals surface area (Å²) in [4.78, 5) is 20.2. The fourth-order valence-corrected chi connectivity index (χ4v) is 1.08. The molecule has 1 aromatic carbocycles. The van der Waals surface area contributed by atoms with Crippen LogP contribution in [0.3, 0.4) is 0 Å². The van der Waals surface area contributed by atoms with Crippen molar-refractivity contribution in [3.8, 4) is 5.75 Å². The minimum atomic E-state index is -4.67. The van der Waals surface area contributed by atoms with Gasteiger partial charge in [0.05, 0.1) is 11.0 Å². The van der Waals surface area contributed by atoms with Crippen molar-refractivity contribution in [3.63, 3.8) is 0 Å². The number of carboxylic acids is 1. The molecule has 0 bridgehead atoms. The number of alkyl halides is 3. The fourth-order valence-electron chi connectivity index (χ4n) is 1.08. The van der Waals surface area contributed by atoms with Crippen molar-refractivity contribution in [2.24, 2.45) is 0 Å². The van der Waals surface area contributed by atoms with Crippen molar-refractivity contribution >= 4 is 11.7 Å². The maximum atomic E-state index is 11.9. The number of hydrogen-bond acceptors (Lipinski definition) is 4. The number of nitro groups is 1. The van der Waals surface area contributed by atoms with E-state index >= 15 is 0 Å². The molecule has 9 heteroatoms. The van der Waals surface area contributed by atoms with Gasteiger partial charge in [-0.25, -0.2) is 4.79 Å². The second-order valence-electron chi connectivity index (χ2n) is 3.15. The number of rotatable bonds is 4. The van der Waals surface area contributed by atoms with Crippen LogP contribution in [0.25, 0.3) is 0 Å². The van der Waals surface area contributed by atoms with Crippen LogP contribution in [-0.2, 0) is 0 Å². The average molecular weight is 265 g/mol. The van der Waals surface area contributed by atoms with Gasteiger partial charge in [-0.3, -0.25) is 10.1 Å². The number of halogens is 3. The Hall–Kier alpha value is -2.32. The predicted octanol–water partition coefficient (Wildman–Crippen LogP) is 2.23. The zero-order chi connectivity index (χ0) is 13.9. The summed E-state index contributed by atoms with van der Waals surface area (Å²) in [5, 5.41) is 19.1. The largest absolute Gasteiger partial charge is 0.483 e. The Bertz CT molecular complexity index is 486. The van der Waals surface area contributed by atoms with E-state index in [4.69, 9.17) is 5.11 Å². The van der Waals surface area contributed by atoms with Crippen molar-refractivity contribution in [3.05, 3.63) is 33.9 Å². The topological polar surface area (TPSA) is 89.7 Å². The molecule has 0 saturated carbocycles. The van der Waals surface area contributed by atoms with Crippen LogP contribution in [0, 0.1) is 10.1 Å². The van der Waals surface area contributed by atoms with Crippen molar-refractivity contribution < 1.29 is 32.7 Å². The summed E-state index contributed by atoms with van der Waals surface area (Å²) in [6, 6.07) is 2.31. The summed E-state index contributed by atoms with van der Waals surface area (Å²) in [5.41, 5.74) is -1.14. The highest BCUT2D eigenvalue weighted by Crippen LogP contribution is 2.26. The van der Waals surface area contributed by atoms with Gasteiger partial charge in [0, 0.05) is 6.07 Å².